The number of nitrogens with one attached hydrogen (secondary N) is 1. The molecule has 1 fully saturated rings. The van der Waals surface area contributed by atoms with Gasteiger partial charge in [-0.15, -0.1) is 0 Å². The zero-order valence-corrected chi connectivity index (χ0v) is 38.1. The Labute approximate surface area is 361 Å². The molecule has 1 aliphatic rings. The van der Waals surface area contributed by atoms with E-state index in [0.717, 1.165) is 44.9 Å². The van der Waals surface area contributed by atoms with Crippen molar-refractivity contribution in [1.82, 2.24) is 5.32 Å². The average Bonchev–Trinajstić information content (AvgIpc) is 3.23. The van der Waals surface area contributed by atoms with Crippen molar-refractivity contribution in [3.63, 3.8) is 0 Å². The molecule has 1 amide bonds. The van der Waals surface area contributed by atoms with Crippen LogP contribution in [0, 0.1) is 0 Å². The number of amides is 1. The molecule has 7 N–H and O–H groups in total. The largest absolute Gasteiger partial charge is 0.394 e. The van der Waals surface area contributed by atoms with Gasteiger partial charge in [-0.05, 0) is 19.3 Å². The predicted octanol–water partition coefficient (Wildman–Crippen LogP) is 9.87. The van der Waals surface area contributed by atoms with Gasteiger partial charge in [0.2, 0.25) is 5.91 Å². The lowest BCUT2D eigenvalue weighted by molar-refractivity contribution is -0.302. The molecule has 0 saturated carbocycles. The highest BCUT2D eigenvalue weighted by Gasteiger charge is 2.44. The SMILES string of the molecule is CCCCCCCCCCC/C=C/C(O)C(COC1OC(CO)C(O)C(O)C1O)NC(=O)C(O)CCCCCCCCCCCCCCCCCCCCCCCCC. The Hall–Kier alpha value is -1.11. The molecule has 0 bridgehead atoms. The van der Waals surface area contributed by atoms with E-state index in [9.17, 15) is 35.4 Å². The lowest BCUT2D eigenvalue weighted by Gasteiger charge is -2.40. The van der Waals surface area contributed by atoms with Crippen molar-refractivity contribution in [2.24, 2.45) is 0 Å². The molecule has 0 aromatic heterocycles. The third kappa shape index (κ3) is 29.8. The Bertz CT molecular complexity index is 952. The zero-order valence-electron chi connectivity index (χ0n) is 38.1. The highest BCUT2D eigenvalue weighted by atomic mass is 16.7. The van der Waals surface area contributed by atoms with E-state index in [0.29, 0.717) is 6.42 Å². The van der Waals surface area contributed by atoms with E-state index in [4.69, 9.17) is 9.47 Å². The number of ether oxygens (including phenoxy) is 2. The summed E-state index contributed by atoms with van der Waals surface area (Å²) in [5.74, 6) is -0.613. The monoisotopic (exact) mass is 842 g/mol. The Morgan fingerprint density at radius 1 is 0.576 bits per heavy atom. The maximum absolute atomic E-state index is 13.0. The summed E-state index contributed by atoms with van der Waals surface area (Å²) in [6.45, 7) is 3.61. The van der Waals surface area contributed by atoms with E-state index < -0.39 is 61.5 Å². The van der Waals surface area contributed by atoms with Gasteiger partial charge in [0, 0.05) is 0 Å². The third-order valence-corrected chi connectivity index (χ3v) is 12.2. The molecule has 8 unspecified atom stereocenters. The van der Waals surface area contributed by atoms with Crippen molar-refractivity contribution in [3.8, 4) is 0 Å². The van der Waals surface area contributed by atoms with Crippen LogP contribution in [0.2, 0.25) is 0 Å². The summed E-state index contributed by atoms with van der Waals surface area (Å²) in [6, 6.07) is -0.974. The number of aliphatic hydroxyl groups excluding tert-OH is 6. The Morgan fingerprint density at radius 2 is 0.966 bits per heavy atom. The van der Waals surface area contributed by atoms with E-state index in [1.54, 1.807) is 6.08 Å². The maximum atomic E-state index is 13.0. The van der Waals surface area contributed by atoms with Gasteiger partial charge in [-0.25, -0.2) is 0 Å². The van der Waals surface area contributed by atoms with E-state index in [-0.39, 0.29) is 6.61 Å². The van der Waals surface area contributed by atoms with Gasteiger partial charge in [-0.2, -0.15) is 0 Å². The molecule has 59 heavy (non-hydrogen) atoms. The molecule has 1 aliphatic heterocycles. The lowest BCUT2D eigenvalue weighted by atomic mass is 9.99. The highest BCUT2D eigenvalue weighted by molar-refractivity contribution is 5.80. The Balaban J connectivity index is 2.27. The molecule has 1 heterocycles. The number of aliphatic hydroxyl groups is 6. The minimum absolute atomic E-state index is 0.301. The molecule has 10 heteroatoms. The van der Waals surface area contributed by atoms with Crippen LogP contribution in [0.1, 0.15) is 232 Å². The molecular formula is C49H95NO9. The van der Waals surface area contributed by atoms with Gasteiger partial charge in [-0.1, -0.05) is 225 Å². The lowest BCUT2D eigenvalue weighted by Crippen LogP contribution is -2.60. The van der Waals surface area contributed by atoms with Gasteiger partial charge in [0.25, 0.3) is 0 Å². The number of allylic oxidation sites excluding steroid dienone is 1. The molecule has 0 radical (unpaired) electrons. The maximum Gasteiger partial charge on any atom is 0.249 e. The molecule has 0 aliphatic carbocycles. The Kier molecular flexibility index (Phi) is 37.6. The zero-order chi connectivity index (χ0) is 43.2. The number of rotatable bonds is 42. The van der Waals surface area contributed by atoms with E-state index in [1.165, 1.54) is 167 Å². The molecule has 0 aromatic rings. The van der Waals surface area contributed by atoms with E-state index in [2.05, 4.69) is 19.2 Å². The number of hydrogen-bond donors (Lipinski definition) is 7. The summed E-state index contributed by atoms with van der Waals surface area (Å²) in [5.41, 5.74) is 0. The van der Waals surface area contributed by atoms with Gasteiger partial charge in [0.1, 0.15) is 30.5 Å². The normalized spacial score (nSPS) is 21.3. The second-order valence-electron chi connectivity index (χ2n) is 17.8. The molecule has 350 valence electrons. The van der Waals surface area contributed by atoms with Crippen LogP contribution >= 0.6 is 0 Å². The van der Waals surface area contributed by atoms with Crippen LogP contribution in [0.3, 0.4) is 0 Å². The highest BCUT2D eigenvalue weighted by Crippen LogP contribution is 2.23. The van der Waals surface area contributed by atoms with Crippen molar-refractivity contribution in [1.29, 1.82) is 0 Å². The molecule has 0 spiro atoms. The fourth-order valence-electron chi connectivity index (χ4n) is 8.11. The van der Waals surface area contributed by atoms with Crippen molar-refractivity contribution in [2.75, 3.05) is 13.2 Å². The van der Waals surface area contributed by atoms with Crippen LogP contribution in [-0.4, -0.2) is 98.7 Å². The smallest absolute Gasteiger partial charge is 0.249 e. The van der Waals surface area contributed by atoms with E-state index >= 15 is 0 Å². The first-order valence-corrected chi connectivity index (χ1v) is 25.0. The van der Waals surface area contributed by atoms with Crippen molar-refractivity contribution in [3.05, 3.63) is 12.2 Å². The quantitative estimate of drug-likeness (QED) is 0.0234. The molecule has 8 atom stereocenters. The van der Waals surface area contributed by atoms with Crippen LogP contribution in [0.5, 0.6) is 0 Å². The van der Waals surface area contributed by atoms with Gasteiger partial charge < -0.3 is 45.4 Å². The van der Waals surface area contributed by atoms with Gasteiger partial charge in [0.15, 0.2) is 6.29 Å². The van der Waals surface area contributed by atoms with Crippen LogP contribution in [-0.2, 0) is 14.3 Å². The fourth-order valence-corrected chi connectivity index (χ4v) is 8.11. The van der Waals surface area contributed by atoms with Crippen LogP contribution in [0.15, 0.2) is 12.2 Å². The van der Waals surface area contributed by atoms with Crippen molar-refractivity contribution < 1.29 is 44.9 Å². The van der Waals surface area contributed by atoms with Crippen LogP contribution < -0.4 is 5.32 Å². The Morgan fingerprint density at radius 3 is 1.37 bits per heavy atom. The van der Waals surface area contributed by atoms with Gasteiger partial charge in [0.05, 0.1) is 25.4 Å². The molecule has 0 aromatic carbocycles. The first-order valence-electron chi connectivity index (χ1n) is 25.0. The summed E-state index contributed by atoms with van der Waals surface area (Å²) in [5, 5.41) is 64.7. The van der Waals surface area contributed by atoms with Gasteiger partial charge >= 0.3 is 0 Å². The van der Waals surface area contributed by atoms with Crippen LogP contribution in [0.25, 0.3) is 0 Å². The predicted molar refractivity (Wildman–Crippen MR) is 241 cm³/mol. The first-order chi connectivity index (χ1) is 28.8. The summed E-state index contributed by atoms with van der Waals surface area (Å²) >= 11 is 0. The van der Waals surface area contributed by atoms with Crippen molar-refractivity contribution in [2.45, 2.75) is 281 Å². The van der Waals surface area contributed by atoms with Gasteiger partial charge in [-0.3, -0.25) is 4.79 Å². The summed E-state index contributed by atoms with van der Waals surface area (Å²) in [6.07, 6.45) is 36.0. The first kappa shape index (κ1) is 55.9. The molecule has 10 nitrogen and oxygen atoms in total. The minimum atomic E-state index is -1.61. The standard InChI is InChI=1S/C49H95NO9/c1-3-5-7-9-11-13-15-16-17-18-19-20-21-22-23-24-25-26-28-30-32-34-36-38-43(53)48(57)50-41(40-58-49-47(56)46(55)45(54)44(39-51)59-49)42(52)37-35-33-31-29-27-14-12-10-8-6-4-2/h35,37,41-47,49,51-56H,3-34,36,38-40H2,1-2H3,(H,50,57)/b37-35+. The molecule has 1 rings (SSSR count). The number of unbranched alkanes of at least 4 members (excludes halogenated alkanes) is 31. The van der Waals surface area contributed by atoms with Crippen molar-refractivity contribution >= 4 is 5.91 Å². The summed E-state index contributed by atoms with van der Waals surface area (Å²) in [7, 11) is 0. The number of carbonyl (C=O) groups is 1. The summed E-state index contributed by atoms with van der Waals surface area (Å²) in [4.78, 5) is 13.0. The number of carbonyl (C=O) groups excluding carboxylic acids is 1. The number of hydrogen-bond acceptors (Lipinski definition) is 9. The second-order valence-corrected chi connectivity index (χ2v) is 17.8. The average molecular weight is 842 g/mol. The third-order valence-electron chi connectivity index (χ3n) is 12.2. The second kappa shape index (κ2) is 39.7. The minimum Gasteiger partial charge on any atom is -0.394 e. The topological polar surface area (TPSA) is 169 Å². The molecular weight excluding hydrogens is 747 g/mol. The molecule has 1 saturated heterocycles. The fraction of sp³-hybridized carbons (Fsp3) is 0.939. The van der Waals surface area contributed by atoms with Crippen LogP contribution in [0.4, 0.5) is 0 Å². The van der Waals surface area contributed by atoms with E-state index in [1.807, 2.05) is 6.08 Å². The summed E-state index contributed by atoms with van der Waals surface area (Å²) < 4.78 is 11.1.